The van der Waals surface area contributed by atoms with Crippen molar-refractivity contribution in [1.82, 2.24) is 15.6 Å². The van der Waals surface area contributed by atoms with E-state index < -0.39 is 18.1 Å². The number of para-hydroxylation sites is 1. The molecule has 0 saturated heterocycles. The van der Waals surface area contributed by atoms with Crippen LogP contribution in [0.5, 0.6) is 0 Å². The summed E-state index contributed by atoms with van der Waals surface area (Å²) in [7, 11) is 1.67. The van der Waals surface area contributed by atoms with Crippen LogP contribution in [-0.2, 0) is 20.9 Å². The fourth-order valence-electron chi connectivity index (χ4n) is 5.38. The molecule has 1 aliphatic heterocycles. The van der Waals surface area contributed by atoms with E-state index in [4.69, 9.17) is 0 Å². The Morgan fingerprint density at radius 3 is 2.59 bits per heavy atom. The number of carbonyl (C=O) groups excluding carboxylic acids is 3. The van der Waals surface area contributed by atoms with Crippen molar-refractivity contribution in [2.24, 2.45) is 0 Å². The van der Waals surface area contributed by atoms with Crippen LogP contribution in [0.15, 0.2) is 48.7 Å². The number of likely N-dealkylation sites (N-methyl/N-ethyl adjacent to an activating group) is 1. The smallest absolute Gasteiger partial charge is 0.252 e. The molecule has 3 atom stereocenters. The molecular formula is C30H32N6O3. The Morgan fingerprint density at radius 2 is 1.92 bits per heavy atom. The highest BCUT2D eigenvalue weighted by molar-refractivity contribution is 6.09. The van der Waals surface area contributed by atoms with E-state index >= 15 is 0 Å². The van der Waals surface area contributed by atoms with Crippen molar-refractivity contribution in [3.63, 3.8) is 0 Å². The van der Waals surface area contributed by atoms with Crippen LogP contribution in [0.1, 0.15) is 56.2 Å². The minimum Gasteiger partial charge on any atom is -0.341 e. The van der Waals surface area contributed by atoms with Gasteiger partial charge in [0.05, 0.1) is 47.2 Å². The molecule has 1 fully saturated rings. The zero-order valence-corrected chi connectivity index (χ0v) is 22.6. The Balaban J connectivity index is 1.70. The monoisotopic (exact) mass is 524 g/mol. The molecule has 200 valence electrons. The van der Waals surface area contributed by atoms with Crippen molar-refractivity contribution in [3.05, 3.63) is 65.4 Å². The number of nitriles is 1. The maximum Gasteiger partial charge on any atom is 0.252 e. The van der Waals surface area contributed by atoms with E-state index in [1.54, 1.807) is 44.0 Å². The van der Waals surface area contributed by atoms with Crippen LogP contribution >= 0.6 is 0 Å². The summed E-state index contributed by atoms with van der Waals surface area (Å²) in [6, 6.07) is 12.8. The topological polar surface area (TPSA) is 118 Å². The summed E-state index contributed by atoms with van der Waals surface area (Å²) in [6.45, 7) is 5.12. The van der Waals surface area contributed by atoms with Crippen molar-refractivity contribution < 1.29 is 14.4 Å². The zero-order valence-electron chi connectivity index (χ0n) is 22.6. The van der Waals surface area contributed by atoms with E-state index in [1.165, 1.54) is 11.8 Å². The van der Waals surface area contributed by atoms with Gasteiger partial charge in [-0.3, -0.25) is 19.4 Å². The largest absolute Gasteiger partial charge is 0.341 e. The van der Waals surface area contributed by atoms with E-state index in [9.17, 15) is 19.6 Å². The van der Waals surface area contributed by atoms with Crippen LogP contribution < -0.4 is 20.4 Å². The van der Waals surface area contributed by atoms with E-state index in [2.05, 4.69) is 21.7 Å². The van der Waals surface area contributed by atoms with E-state index in [-0.39, 0.29) is 24.3 Å². The van der Waals surface area contributed by atoms with Crippen LogP contribution in [0.4, 0.5) is 11.4 Å². The van der Waals surface area contributed by atoms with Gasteiger partial charge in [0.15, 0.2) is 0 Å². The molecule has 0 unspecified atom stereocenters. The van der Waals surface area contributed by atoms with Gasteiger partial charge >= 0.3 is 0 Å². The van der Waals surface area contributed by atoms with Crippen LogP contribution in [0, 0.1) is 11.3 Å². The summed E-state index contributed by atoms with van der Waals surface area (Å²) >= 11 is 0. The first-order valence-corrected chi connectivity index (χ1v) is 13.2. The first kappa shape index (κ1) is 26.3. The summed E-state index contributed by atoms with van der Waals surface area (Å²) in [4.78, 5) is 48.2. The zero-order chi connectivity index (χ0) is 27.8. The Kier molecular flexibility index (Phi) is 7.06. The van der Waals surface area contributed by atoms with Gasteiger partial charge in [-0.05, 0) is 75.0 Å². The molecule has 0 radical (unpaired) electrons. The van der Waals surface area contributed by atoms with Crippen molar-refractivity contribution in [3.8, 4) is 6.07 Å². The van der Waals surface area contributed by atoms with Gasteiger partial charge in [-0.15, -0.1) is 0 Å². The molecule has 2 aromatic carbocycles. The predicted molar refractivity (Wildman–Crippen MR) is 149 cm³/mol. The van der Waals surface area contributed by atoms with Gasteiger partial charge in [0, 0.05) is 18.5 Å². The standard InChI is InChI=1S/C30H32N6O3/c1-17(32-4)29(38)34-28-18(2)36(19(3)37)27-13-20(14-31)9-12-26(27)35(30(28)39)16-24-22-7-5-6-8-25(22)33-15-23(24)21-10-11-21/h5-9,12-13,15,17-18,21,28,32H,10-11,16H2,1-4H3,(H,34,38)/t17-,18-,28-/m0/s1. The molecule has 0 spiro atoms. The Bertz CT molecular complexity index is 1510. The minimum atomic E-state index is -1.01. The molecule has 1 saturated carbocycles. The van der Waals surface area contributed by atoms with E-state index in [0.717, 1.165) is 34.9 Å². The summed E-state index contributed by atoms with van der Waals surface area (Å²) in [5.41, 5.74) is 4.31. The highest BCUT2D eigenvalue weighted by Crippen LogP contribution is 2.44. The lowest BCUT2D eigenvalue weighted by molar-refractivity contribution is -0.129. The summed E-state index contributed by atoms with van der Waals surface area (Å²) in [5, 5.41) is 16.4. The number of carbonyl (C=O) groups is 3. The lowest BCUT2D eigenvalue weighted by atomic mass is 9.99. The van der Waals surface area contributed by atoms with Crippen molar-refractivity contribution >= 4 is 40.0 Å². The fourth-order valence-corrected chi connectivity index (χ4v) is 5.38. The average molecular weight is 525 g/mol. The van der Waals surface area contributed by atoms with Crippen molar-refractivity contribution in [1.29, 1.82) is 5.26 Å². The molecule has 0 bridgehead atoms. The number of aromatic nitrogens is 1. The number of hydrogen-bond acceptors (Lipinski definition) is 6. The normalized spacial score (nSPS) is 19.7. The van der Waals surface area contributed by atoms with Gasteiger partial charge in [-0.2, -0.15) is 5.26 Å². The number of fused-ring (bicyclic) bond motifs is 2. The van der Waals surface area contributed by atoms with Gasteiger partial charge in [0.25, 0.3) is 5.91 Å². The SMILES string of the molecule is CN[C@@H](C)C(=O)N[C@@H]1C(=O)N(Cc2c(C3CC3)cnc3ccccc23)c2ccc(C#N)cc2N(C(C)=O)[C@H]1C. The third-order valence-electron chi connectivity index (χ3n) is 7.79. The maximum atomic E-state index is 14.4. The van der Waals surface area contributed by atoms with E-state index in [0.29, 0.717) is 22.9 Å². The molecule has 1 aliphatic carbocycles. The lowest BCUT2D eigenvalue weighted by Crippen LogP contribution is -2.59. The maximum absolute atomic E-state index is 14.4. The van der Waals surface area contributed by atoms with Gasteiger partial charge in [0.1, 0.15) is 6.04 Å². The van der Waals surface area contributed by atoms with Crippen LogP contribution in [0.25, 0.3) is 10.9 Å². The van der Waals surface area contributed by atoms with Crippen LogP contribution in [0.2, 0.25) is 0 Å². The van der Waals surface area contributed by atoms with Gasteiger partial charge in [-0.1, -0.05) is 18.2 Å². The Labute approximate surface area is 227 Å². The first-order chi connectivity index (χ1) is 18.7. The lowest BCUT2D eigenvalue weighted by Gasteiger charge is -2.32. The molecule has 5 rings (SSSR count). The first-order valence-electron chi connectivity index (χ1n) is 13.2. The third-order valence-corrected chi connectivity index (χ3v) is 7.79. The van der Waals surface area contributed by atoms with Crippen LogP contribution in [0.3, 0.4) is 0 Å². The van der Waals surface area contributed by atoms with Crippen molar-refractivity contribution in [2.45, 2.75) is 64.2 Å². The minimum absolute atomic E-state index is 0.235. The third kappa shape index (κ3) is 4.84. The summed E-state index contributed by atoms with van der Waals surface area (Å²) in [6.07, 6.45) is 4.05. The molecular weight excluding hydrogens is 492 g/mol. The fraction of sp³-hybridized carbons (Fsp3) is 0.367. The molecule has 2 aliphatic rings. The molecule has 2 heterocycles. The number of hydrogen-bond donors (Lipinski definition) is 2. The molecule has 3 amide bonds. The van der Waals surface area contributed by atoms with Gasteiger partial charge in [0.2, 0.25) is 11.8 Å². The second-order valence-electron chi connectivity index (χ2n) is 10.3. The number of rotatable bonds is 6. The number of amides is 3. The second kappa shape index (κ2) is 10.5. The van der Waals surface area contributed by atoms with Crippen molar-refractivity contribution in [2.75, 3.05) is 16.8 Å². The van der Waals surface area contributed by atoms with Gasteiger partial charge in [-0.25, -0.2) is 0 Å². The number of nitrogens with zero attached hydrogens (tertiary/aromatic N) is 4. The molecule has 1 aromatic heterocycles. The predicted octanol–water partition coefficient (Wildman–Crippen LogP) is 3.36. The summed E-state index contributed by atoms with van der Waals surface area (Å²) < 4.78 is 0. The highest BCUT2D eigenvalue weighted by Gasteiger charge is 2.42. The van der Waals surface area contributed by atoms with E-state index in [1.807, 2.05) is 30.5 Å². The Hall–Kier alpha value is -4.29. The van der Waals surface area contributed by atoms with Gasteiger partial charge < -0.3 is 20.4 Å². The molecule has 39 heavy (non-hydrogen) atoms. The van der Waals surface area contributed by atoms with Crippen LogP contribution in [-0.4, -0.2) is 47.9 Å². The number of benzene rings is 2. The highest BCUT2D eigenvalue weighted by atomic mass is 16.2. The molecule has 9 nitrogen and oxygen atoms in total. The quantitative estimate of drug-likeness (QED) is 0.511. The second-order valence-corrected chi connectivity index (χ2v) is 10.3. The molecule has 2 N–H and O–H groups in total. The Morgan fingerprint density at radius 1 is 1.18 bits per heavy atom. The summed E-state index contributed by atoms with van der Waals surface area (Å²) in [5.74, 6) is -0.568. The molecule has 9 heteroatoms. The number of anilines is 2. The molecule has 3 aromatic rings. The number of pyridine rings is 1. The average Bonchev–Trinajstić information content (AvgIpc) is 3.79. The number of nitrogens with one attached hydrogen (secondary N) is 2.